The summed E-state index contributed by atoms with van der Waals surface area (Å²) in [7, 11) is 0. The SMILES string of the molecule is CCCCC(N)OC(=O)C(=O)OC(N)CCCC. The van der Waals surface area contributed by atoms with Crippen molar-refractivity contribution in [3.05, 3.63) is 0 Å². The minimum absolute atomic E-state index is 0.525. The molecular weight excluding hydrogens is 236 g/mol. The Kier molecular flexibility index (Phi) is 9.22. The summed E-state index contributed by atoms with van der Waals surface area (Å²) in [5.41, 5.74) is 11.1. The summed E-state index contributed by atoms with van der Waals surface area (Å²) >= 11 is 0. The van der Waals surface area contributed by atoms with Gasteiger partial charge in [-0.25, -0.2) is 9.59 Å². The molecule has 0 radical (unpaired) electrons. The maximum Gasteiger partial charge on any atom is 0.419 e. The van der Waals surface area contributed by atoms with E-state index < -0.39 is 24.4 Å². The van der Waals surface area contributed by atoms with Gasteiger partial charge in [-0.2, -0.15) is 0 Å². The van der Waals surface area contributed by atoms with Crippen molar-refractivity contribution in [3.8, 4) is 0 Å². The van der Waals surface area contributed by atoms with Crippen LogP contribution in [0, 0.1) is 0 Å². The minimum atomic E-state index is -1.08. The molecule has 0 aliphatic heterocycles. The first-order valence-corrected chi connectivity index (χ1v) is 6.44. The van der Waals surface area contributed by atoms with Crippen LogP contribution >= 0.6 is 0 Å². The molecule has 0 saturated heterocycles. The Labute approximate surface area is 108 Å². The lowest BCUT2D eigenvalue weighted by Crippen LogP contribution is -2.35. The van der Waals surface area contributed by atoms with Crippen molar-refractivity contribution in [1.29, 1.82) is 0 Å². The lowest BCUT2D eigenvalue weighted by molar-refractivity contribution is -0.174. The molecule has 0 spiro atoms. The highest BCUT2D eigenvalue weighted by molar-refractivity contribution is 6.29. The van der Waals surface area contributed by atoms with Crippen LogP contribution in [0.4, 0.5) is 0 Å². The second-order valence-corrected chi connectivity index (χ2v) is 4.17. The molecule has 0 bridgehead atoms. The molecule has 0 saturated carbocycles. The van der Waals surface area contributed by atoms with Crippen molar-refractivity contribution >= 4 is 11.9 Å². The Hall–Kier alpha value is -1.14. The summed E-state index contributed by atoms with van der Waals surface area (Å²) in [6, 6.07) is 0. The van der Waals surface area contributed by atoms with Gasteiger partial charge in [0.05, 0.1) is 0 Å². The summed E-state index contributed by atoms with van der Waals surface area (Å²) in [4.78, 5) is 22.6. The van der Waals surface area contributed by atoms with Gasteiger partial charge in [-0.15, -0.1) is 0 Å². The van der Waals surface area contributed by atoms with Gasteiger partial charge in [0.15, 0.2) is 12.5 Å². The molecule has 0 heterocycles. The number of carbonyl (C=O) groups is 2. The van der Waals surface area contributed by atoms with E-state index >= 15 is 0 Å². The highest BCUT2D eigenvalue weighted by Gasteiger charge is 2.22. The first kappa shape index (κ1) is 16.9. The minimum Gasteiger partial charge on any atom is -0.438 e. The monoisotopic (exact) mass is 260 g/mol. The Morgan fingerprint density at radius 3 is 1.50 bits per heavy atom. The molecule has 6 nitrogen and oxygen atoms in total. The molecule has 18 heavy (non-hydrogen) atoms. The molecule has 2 unspecified atom stereocenters. The first-order chi connectivity index (χ1) is 8.51. The van der Waals surface area contributed by atoms with Gasteiger partial charge in [0.1, 0.15) is 0 Å². The lowest BCUT2D eigenvalue weighted by Gasteiger charge is -2.14. The third-order valence-electron chi connectivity index (χ3n) is 2.37. The number of carbonyl (C=O) groups excluding carboxylic acids is 2. The summed E-state index contributed by atoms with van der Waals surface area (Å²) < 4.78 is 9.46. The zero-order valence-corrected chi connectivity index (χ0v) is 11.2. The maximum absolute atomic E-state index is 11.3. The summed E-state index contributed by atoms with van der Waals surface area (Å²) in [6.07, 6.45) is 3.07. The van der Waals surface area contributed by atoms with Crippen molar-refractivity contribution in [1.82, 2.24) is 0 Å². The molecule has 106 valence electrons. The van der Waals surface area contributed by atoms with Gasteiger partial charge in [0, 0.05) is 0 Å². The second kappa shape index (κ2) is 9.85. The van der Waals surface area contributed by atoms with E-state index in [1.54, 1.807) is 0 Å². The molecule has 0 aliphatic carbocycles. The van der Waals surface area contributed by atoms with Gasteiger partial charge < -0.3 is 9.47 Å². The fourth-order valence-electron chi connectivity index (χ4n) is 1.30. The second-order valence-electron chi connectivity index (χ2n) is 4.17. The molecule has 0 aliphatic rings. The Morgan fingerprint density at radius 2 is 1.22 bits per heavy atom. The van der Waals surface area contributed by atoms with E-state index in [2.05, 4.69) is 0 Å². The number of nitrogens with two attached hydrogens (primary N) is 2. The molecule has 0 fully saturated rings. The number of ether oxygens (including phenoxy) is 2. The van der Waals surface area contributed by atoms with Gasteiger partial charge in [-0.3, -0.25) is 11.5 Å². The van der Waals surface area contributed by atoms with Crippen molar-refractivity contribution in [2.24, 2.45) is 11.5 Å². The fraction of sp³-hybridized carbons (Fsp3) is 0.833. The van der Waals surface area contributed by atoms with Crippen LogP contribution in [0.15, 0.2) is 0 Å². The van der Waals surface area contributed by atoms with E-state index in [-0.39, 0.29) is 0 Å². The van der Waals surface area contributed by atoms with Crippen molar-refractivity contribution in [3.63, 3.8) is 0 Å². The third kappa shape index (κ3) is 8.03. The molecule has 0 aromatic carbocycles. The van der Waals surface area contributed by atoms with Crippen LogP contribution in [0.1, 0.15) is 52.4 Å². The third-order valence-corrected chi connectivity index (χ3v) is 2.37. The molecule has 2 atom stereocenters. The predicted molar refractivity (Wildman–Crippen MR) is 67.2 cm³/mol. The number of unbranched alkanes of at least 4 members (excludes halogenated alkanes) is 2. The van der Waals surface area contributed by atoms with E-state index in [9.17, 15) is 9.59 Å². The molecule has 0 aromatic rings. The van der Waals surface area contributed by atoms with Crippen molar-refractivity contribution in [2.45, 2.75) is 64.8 Å². The van der Waals surface area contributed by atoms with Gasteiger partial charge in [-0.1, -0.05) is 26.7 Å². The molecule has 0 rings (SSSR count). The zero-order chi connectivity index (χ0) is 14.0. The highest BCUT2D eigenvalue weighted by Crippen LogP contribution is 2.03. The number of esters is 2. The fourth-order valence-corrected chi connectivity index (χ4v) is 1.30. The van der Waals surface area contributed by atoms with E-state index in [0.717, 1.165) is 25.7 Å². The number of hydrogen-bond donors (Lipinski definition) is 2. The molecule has 4 N–H and O–H groups in total. The van der Waals surface area contributed by atoms with Crippen molar-refractivity contribution < 1.29 is 19.1 Å². The summed E-state index contributed by atoms with van der Waals surface area (Å²) in [6.45, 7) is 3.99. The van der Waals surface area contributed by atoms with Crippen LogP contribution in [0.3, 0.4) is 0 Å². The van der Waals surface area contributed by atoms with E-state index in [4.69, 9.17) is 20.9 Å². The molecule has 0 aromatic heterocycles. The first-order valence-electron chi connectivity index (χ1n) is 6.44. The van der Waals surface area contributed by atoms with Gasteiger partial charge in [0.2, 0.25) is 0 Å². The number of hydrogen-bond acceptors (Lipinski definition) is 6. The van der Waals surface area contributed by atoms with Crippen molar-refractivity contribution in [2.75, 3.05) is 0 Å². The Balaban J connectivity index is 3.91. The summed E-state index contributed by atoms with van der Waals surface area (Å²) in [5, 5.41) is 0. The van der Waals surface area contributed by atoms with Gasteiger partial charge in [0.25, 0.3) is 0 Å². The van der Waals surface area contributed by atoms with Crippen LogP contribution in [-0.2, 0) is 19.1 Å². The maximum atomic E-state index is 11.3. The standard InChI is InChI=1S/C12H24N2O4/c1-3-5-7-9(13)17-11(15)12(16)18-10(14)8-6-4-2/h9-10H,3-8,13-14H2,1-2H3. The zero-order valence-electron chi connectivity index (χ0n) is 11.2. The average Bonchev–Trinajstić information content (AvgIpc) is 2.33. The van der Waals surface area contributed by atoms with Crippen LogP contribution < -0.4 is 11.5 Å². The van der Waals surface area contributed by atoms with Gasteiger partial charge in [-0.05, 0) is 25.7 Å². The van der Waals surface area contributed by atoms with E-state index in [1.165, 1.54) is 0 Å². The summed E-state index contributed by atoms with van der Waals surface area (Å²) in [5.74, 6) is -2.16. The molecular formula is C12H24N2O4. The van der Waals surface area contributed by atoms with E-state index in [1.807, 2.05) is 13.8 Å². The Bertz CT molecular complexity index is 232. The van der Waals surface area contributed by atoms with Gasteiger partial charge >= 0.3 is 11.9 Å². The molecule has 0 amide bonds. The topological polar surface area (TPSA) is 105 Å². The largest absolute Gasteiger partial charge is 0.438 e. The lowest BCUT2D eigenvalue weighted by atomic mass is 10.2. The van der Waals surface area contributed by atoms with Crippen LogP contribution in [-0.4, -0.2) is 24.4 Å². The normalized spacial score (nSPS) is 13.8. The Morgan fingerprint density at radius 1 is 0.889 bits per heavy atom. The number of rotatable bonds is 8. The predicted octanol–water partition coefficient (Wildman–Crippen LogP) is 1.02. The highest BCUT2D eigenvalue weighted by atomic mass is 16.6. The van der Waals surface area contributed by atoms with Crippen LogP contribution in [0.2, 0.25) is 0 Å². The van der Waals surface area contributed by atoms with Crippen LogP contribution in [0.5, 0.6) is 0 Å². The molecule has 6 heteroatoms. The quantitative estimate of drug-likeness (QED) is 0.383. The smallest absolute Gasteiger partial charge is 0.419 e. The van der Waals surface area contributed by atoms with Crippen LogP contribution in [0.25, 0.3) is 0 Å². The average molecular weight is 260 g/mol. The van der Waals surface area contributed by atoms with E-state index in [0.29, 0.717) is 12.8 Å².